The molecule has 0 aliphatic heterocycles. The number of aliphatic hydroxyl groups excluding tert-OH is 1. The first-order chi connectivity index (χ1) is 9.06. The van der Waals surface area contributed by atoms with Gasteiger partial charge in [0.25, 0.3) is 0 Å². The van der Waals surface area contributed by atoms with Gasteiger partial charge < -0.3 is 20.4 Å². The van der Waals surface area contributed by atoms with Gasteiger partial charge >= 0.3 is 5.97 Å². The first-order valence-corrected chi connectivity index (χ1v) is 5.45. The fraction of sp³-hybridized carbons (Fsp3) is 0.0714. The molecule has 5 heteroatoms. The molecular weight excluding hydrogens is 248 g/mol. The molecule has 19 heavy (non-hydrogen) atoms. The van der Waals surface area contributed by atoms with E-state index in [0.717, 1.165) is 0 Å². The first-order valence-electron chi connectivity index (χ1n) is 5.45. The largest absolute Gasteiger partial charge is 0.508 e. The molecule has 0 fully saturated rings. The number of hydrogen-bond donors (Lipinski definition) is 4. The van der Waals surface area contributed by atoms with E-state index in [-0.39, 0.29) is 23.7 Å². The lowest BCUT2D eigenvalue weighted by molar-refractivity contribution is 0.0693. The van der Waals surface area contributed by atoms with Crippen molar-refractivity contribution in [2.75, 3.05) is 0 Å². The monoisotopic (exact) mass is 262 g/mol. The summed E-state index contributed by atoms with van der Waals surface area (Å²) in [6.45, 7) is -0.104. The zero-order valence-corrected chi connectivity index (χ0v) is 10.0. The zero-order chi connectivity index (χ0) is 14.3. The number of hydrogen-bond acceptors (Lipinski definition) is 4. The van der Waals surface area contributed by atoms with Crippen LogP contribution in [0.4, 0.5) is 0 Å². The Bertz CT molecular complexity index is 551. The first kappa shape index (κ1) is 14.5. The van der Waals surface area contributed by atoms with Crippen LogP contribution in [0.2, 0.25) is 0 Å². The number of carboxylic acid groups (broad SMARTS) is 1. The lowest BCUT2D eigenvalue weighted by Crippen LogP contribution is -1.95. The van der Waals surface area contributed by atoms with Crippen LogP contribution in [0.1, 0.15) is 15.9 Å². The summed E-state index contributed by atoms with van der Waals surface area (Å²) in [6.07, 6.45) is 0. The molecule has 0 saturated heterocycles. The number of carbonyl (C=O) groups is 1. The molecule has 0 radical (unpaired) electrons. The Kier molecular flexibility index (Phi) is 5.37. The summed E-state index contributed by atoms with van der Waals surface area (Å²) in [5.74, 6) is -1.16. The molecule has 0 bridgehead atoms. The predicted octanol–water partition coefficient (Wildman–Crippen LogP) is 1.97. The van der Waals surface area contributed by atoms with Crippen LogP contribution in [0.15, 0.2) is 48.5 Å². The van der Waals surface area contributed by atoms with Crippen molar-refractivity contribution in [1.29, 1.82) is 0 Å². The maximum atomic E-state index is 10.3. The van der Waals surface area contributed by atoms with Gasteiger partial charge in [0.1, 0.15) is 17.1 Å². The van der Waals surface area contributed by atoms with Gasteiger partial charge in [0.05, 0.1) is 6.61 Å². The number of aromatic carboxylic acids is 1. The molecule has 4 N–H and O–H groups in total. The standard InChI is InChI=1S/C7H6O3.C7H8O2/c8-6-4-2-1-3-5(6)7(9)10;8-5-6-3-1-2-4-7(6)9/h1-4,8H,(H,9,10);1-4,8-9H,5H2. The second-order valence-corrected chi connectivity index (χ2v) is 3.61. The van der Waals surface area contributed by atoms with Crippen LogP contribution in [-0.4, -0.2) is 26.4 Å². The van der Waals surface area contributed by atoms with Crippen molar-refractivity contribution in [3.8, 4) is 11.5 Å². The van der Waals surface area contributed by atoms with Gasteiger partial charge in [-0.3, -0.25) is 0 Å². The third-order valence-electron chi connectivity index (χ3n) is 2.30. The van der Waals surface area contributed by atoms with E-state index in [1.165, 1.54) is 12.1 Å². The molecule has 0 aromatic heterocycles. The van der Waals surface area contributed by atoms with E-state index in [1.54, 1.807) is 36.4 Å². The van der Waals surface area contributed by atoms with Gasteiger partial charge in [0, 0.05) is 5.56 Å². The maximum absolute atomic E-state index is 10.3. The van der Waals surface area contributed by atoms with Gasteiger partial charge in [-0.15, -0.1) is 0 Å². The molecule has 0 aliphatic rings. The molecule has 2 rings (SSSR count). The van der Waals surface area contributed by atoms with Crippen LogP contribution in [0, 0.1) is 0 Å². The summed E-state index contributed by atoms with van der Waals surface area (Å²) in [4.78, 5) is 10.3. The Labute approximate surface area is 110 Å². The van der Waals surface area contributed by atoms with Gasteiger partial charge in [0.15, 0.2) is 0 Å². The van der Waals surface area contributed by atoms with Crippen LogP contribution >= 0.6 is 0 Å². The third-order valence-corrected chi connectivity index (χ3v) is 2.30. The third kappa shape index (κ3) is 4.33. The van der Waals surface area contributed by atoms with E-state index in [0.29, 0.717) is 5.56 Å². The summed E-state index contributed by atoms with van der Waals surface area (Å²) in [5, 5.41) is 34.8. The molecular formula is C14H14O5. The Morgan fingerprint density at radius 1 is 0.895 bits per heavy atom. The smallest absolute Gasteiger partial charge is 0.339 e. The number of aliphatic hydroxyl groups is 1. The average molecular weight is 262 g/mol. The second-order valence-electron chi connectivity index (χ2n) is 3.61. The normalized spacial score (nSPS) is 9.32. The minimum absolute atomic E-state index is 0.0671. The van der Waals surface area contributed by atoms with E-state index in [4.69, 9.17) is 20.4 Å². The van der Waals surface area contributed by atoms with E-state index >= 15 is 0 Å². The topological polar surface area (TPSA) is 98.0 Å². The highest BCUT2D eigenvalue weighted by Crippen LogP contribution is 2.15. The van der Waals surface area contributed by atoms with Crippen LogP contribution < -0.4 is 0 Å². The van der Waals surface area contributed by atoms with Crippen molar-refractivity contribution in [1.82, 2.24) is 0 Å². The molecule has 0 saturated carbocycles. The highest BCUT2D eigenvalue weighted by atomic mass is 16.4. The SMILES string of the molecule is O=C(O)c1ccccc1O.OCc1ccccc1O. The predicted molar refractivity (Wildman–Crippen MR) is 69.1 cm³/mol. The van der Waals surface area contributed by atoms with Gasteiger partial charge in [0.2, 0.25) is 0 Å². The Morgan fingerprint density at radius 2 is 1.42 bits per heavy atom. The second kappa shape index (κ2) is 7.03. The number of rotatable bonds is 2. The van der Waals surface area contributed by atoms with Crippen molar-refractivity contribution < 1.29 is 25.2 Å². The molecule has 2 aromatic carbocycles. The number of para-hydroxylation sites is 2. The molecule has 0 spiro atoms. The van der Waals surface area contributed by atoms with Gasteiger partial charge in [-0.25, -0.2) is 4.79 Å². The molecule has 0 aliphatic carbocycles. The van der Waals surface area contributed by atoms with E-state index in [2.05, 4.69) is 0 Å². The minimum Gasteiger partial charge on any atom is -0.508 e. The Morgan fingerprint density at radius 3 is 1.79 bits per heavy atom. The number of benzene rings is 2. The summed E-state index contributed by atoms with van der Waals surface area (Å²) >= 11 is 0. The quantitative estimate of drug-likeness (QED) is 0.663. The molecule has 0 amide bonds. The molecule has 0 atom stereocenters. The van der Waals surface area contributed by atoms with Crippen molar-refractivity contribution in [3.05, 3.63) is 59.7 Å². The van der Waals surface area contributed by atoms with E-state index in [1.807, 2.05) is 0 Å². The number of phenols is 2. The summed E-state index contributed by atoms with van der Waals surface area (Å²) in [5.41, 5.74) is 0.500. The Hall–Kier alpha value is -2.53. The highest BCUT2D eigenvalue weighted by molar-refractivity contribution is 5.90. The van der Waals surface area contributed by atoms with Crippen molar-refractivity contribution >= 4 is 5.97 Å². The summed E-state index contributed by atoms with van der Waals surface area (Å²) < 4.78 is 0. The van der Waals surface area contributed by atoms with Gasteiger partial charge in [-0.05, 0) is 18.2 Å². The summed E-state index contributed by atoms with van der Waals surface area (Å²) in [6, 6.07) is 12.5. The van der Waals surface area contributed by atoms with Crippen LogP contribution in [0.25, 0.3) is 0 Å². The fourth-order valence-electron chi connectivity index (χ4n) is 1.30. The van der Waals surface area contributed by atoms with Crippen molar-refractivity contribution in [2.24, 2.45) is 0 Å². The van der Waals surface area contributed by atoms with Gasteiger partial charge in [-0.1, -0.05) is 30.3 Å². The van der Waals surface area contributed by atoms with Crippen LogP contribution in [-0.2, 0) is 6.61 Å². The van der Waals surface area contributed by atoms with E-state index < -0.39 is 5.97 Å². The molecule has 0 unspecified atom stereocenters. The fourth-order valence-corrected chi connectivity index (χ4v) is 1.30. The summed E-state index contributed by atoms with van der Waals surface area (Å²) in [7, 11) is 0. The molecule has 100 valence electrons. The minimum atomic E-state index is -1.11. The molecule has 5 nitrogen and oxygen atoms in total. The molecule has 0 heterocycles. The molecule has 2 aromatic rings. The average Bonchev–Trinajstić information content (AvgIpc) is 2.40. The Balaban J connectivity index is 0.000000191. The van der Waals surface area contributed by atoms with Crippen molar-refractivity contribution in [3.63, 3.8) is 0 Å². The number of carboxylic acids is 1. The maximum Gasteiger partial charge on any atom is 0.339 e. The van der Waals surface area contributed by atoms with Crippen LogP contribution in [0.3, 0.4) is 0 Å². The van der Waals surface area contributed by atoms with E-state index in [9.17, 15) is 4.79 Å². The lowest BCUT2D eigenvalue weighted by atomic mass is 10.2. The lowest BCUT2D eigenvalue weighted by Gasteiger charge is -1.96. The highest BCUT2D eigenvalue weighted by Gasteiger charge is 2.05. The number of aromatic hydroxyl groups is 2. The van der Waals surface area contributed by atoms with Gasteiger partial charge in [-0.2, -0.15) is 0 Å². The van der Waals surface area contributed by atoms with Crippen molar-refractivity contribution in [2.45, 2.75) is 6.61 Å². The van der Waals surface area contributed by atoms with Crippen LogP contribution in [0.5, 0.6) is 11.5 Å². The zero-order valence-electron chi connectivity index (χ0n) is 10.0.